The highest BCUT2D eigenvalue weighted by Gasteiger charge is 2.47. The van der Waals surface area contributed by atoms with Gasteiger partial charge in [-0.05, 0) is 30.3 Å². The van der Waals surface area contributed by atoms with E-state index in [9.17, 15) is 28.1 Å². The van der Waals surface area contributed by atoms with Gasteiger partial charge in [-0.1, -0.05) is 30.3 Å². The average Bonchev–Trinajstić information content (AvgIpc) is 3.34. The molecule has 2 aromatic carbocycles. The molecule has 1 aromatic heterocycles. The van der Waals surface area contributed by atoms with Crippen LogP contribution in [0.4, 0.5) is 24.5 Å². The summed E-state index contributed by atoms with van der Waals surface area (Å²) < 4.78 is 46.1. The summed E-state index contributed by atoms with van der Waals surface area (Å²) in [5.41, 5.74) is -1.61. The van der Waals surface area contributed by atoms with Crippen molar-refractivity contribution in [3.05, 3.63) is 88.2 Å². The highest BCUT2D eigenvalue weighted by atomic mass is 19.4. The molecule has 31 heavy (non-hydrogen) atoms. The van der Waals surface area contributed by atoms with Gasteiger partial charge < -0.3 is 4.42 Å². The molecule has 0 unspecified atom stereocenters. The fourth-order valence-corrected chi connectivity index (χ4v) is 3.00. The van der Waals surface area contributed by atoms with Gasteiger partial charge in [-0.2, -0.15) is 23.3 Å². The first-order chi connectivity index (χ1) is 14.7. The Hall–Kier alpha value is -4.21. The fraction of sp³-hybridized carbons (Fsp3) is 0.0476. The van der Waals surface area contributed by atoms with Crippen LogP contribution in [-0.4, -0.2) is 22.7 Å². The lowest BCUT2D eigenvalue weighted by molar-refractivity contribution is -0.384. The first-order valence-corrected chi connectivity index (χ1v) is 8.86. The van der Waals surface area contributed by atoms with E-state index in [1.54, 1.807) is 24.3 Å². The molecule has 10 heteroatoms. The van der Waals surface area contributed by atoms with E-state index in [2.05, 4.69) is 5.10 Å². The normalized spacial score (nSPS) is 15.5. The summed E-state index contributed by atoms with van der Waals surface area (Å²) in [4.78, 5) is 23.1. The van der Waals surface area contributed by atoms with Gasteiger partial charge in [0.05, 0.1) is 16.2 Å². The molecule has 7 nitrogen and oxygen atoms in total. The zero-order chi connectivity index (χ0) is 22.2. The van der Waals surface area contributed by atoms with E-state index in [1.165, 1.54) is 42.5 Å². The van der Waals surface area contributed by atoms with E-state index in [1.807, 2.05) is 0 Å². The Morgan fingerprint density at radius 2 is 1.77 bits per heavy atom. The number of hydrogen-bond donors (Lipinski definition) is 0. The molecule has 0 saturated carbocycles. The quantitative estimate of drug-likeness (QED) is 0.325. The molecule has 0 fully saturated rings. The maximum atomic E-state index is 13.5. The van der Waals surface area contributed by atoms with Gasteiger partial charge in [0.15, 0.2) is 5.71 Å². The standard InChI is InChI=1S/C21H12F3N3O4/c22-21(23,24)19-17(20(28)26(25-19)14-6-2-1-3-7-14)12-16-9-10-18(31-16)13-5-4-8-15(11-13)27(29)30/h1-12H. The third-order valence-electron chi connectivity index (χ3n) is 4.40. The Kier molecular flexibility index (Phi) is 4.90. The Balaban J connectivity index is 1.71. The highest BCUT2D eigenvalue weighted by Crippen LogP contribution is 2.33. The first-order valence-electron chi connectivity index (χ1n) is 8.86. The predicted molar refractivity (Wildman–Crippen MR) is 106 cm³/mol. The minimum Gasteiger partial charge on any atom is -0.457 e. The number of furan rings is 1. The number of nitro benzene ring substituents is 1. The number of rotatable bonds is 4. The van der Waals surface area contributed by atoms with E-state index in [0.29, 0.717) is 10.6 Å². The van der Waals surface area contributed by atoms with Crippen molar-refractivity contribution < 1.29 is 27.3 Å². The number of carbonyl (C=O) groups is 1. The molecule has 0 atom stereocenters. The molecular weight excluding hydrogens is 415 g/mol. The fourth-order valence-electron chi connectivity index (χ4n) is 3.00. The molecule has 0 bridgehead atoms. The molecule has 2 heterocycles. The number of hydrazone groups is 1. The molecule has 0 radical (unpaired) electrons. The second-order valence-electron chi connectivity index (χ2n) is 6.47. The van der Waals surface area contributed by atoms with Crippen LogP contribution in [0.15, 0.2) is 81.8 Å². The lowest BCUT2D eigenvalue weighted by atomic mass is 10.1. The van der Waals surface area contributed by atoms with E-state index >= 15 is 0 Å². The number of alkyl halides is 3. The zero-order valence-corrected chi connectivity index (χ0v) is 15.5. The summed E-state index contributed by atoms with van der Waals surface area (Å²) >= 11 is 0. The maximum absolute atomic E-state index is 13.5. The molecular formula is C21H12F3N3O4. The van der Waals surface area contributed by atoms with Gasteiger partial charge in [0.1, 0.15) is 11.5 Å². The topological polar surface area (TPSA) is 88.9 Å². The summed E-state index contributed by atoms with van der Waals surface area (Å²) in [6.07, 6.45) is -3.90. The number of halogens is 3. The van der Waals surface area contributed by atoms with Crippen LogP contribution < -0.4 is 5.01 Å². The smallest absolute Gasteiger partial charge is 0.435 e. The van der Waals surface area contributed by atoms with Crippen molar-refractivity contribution in [2.24, 2.45) is 5.10 Å². The molecule has 0 saturated heterocycles. The van der Waals surface area contributed by atoms with E-state index < -0.39 is 28.3 Å². The molecule has 0 aliphatic carbocycles. The number of carbonyl (C=O) groups excluding carboxylic acids is 1. The lowest BCUT2D eigenvalue weighted by Crippen LogP contribution is -2.25. The molecule has 0 N–H and O–H groups in total. The number of amides is 1. The van der Waals surface area contributed by atoms with Crippen molar-refractivity contribution in [3.63, 3.8) is 0 Å². The second kappa shape index (κ2) is 7.56. The predicted octanol–water partition coefficient (Wildman–Crippen LogP) is 5.20. The summed E-state index contributed by atoms with van der Waals surface area (Å²) in [5.74, 6) is -0.782. The minimum absolute atomic E-state index is 0.0308. The van der Waals surface area contributed by atoms with Gasteiger partial charge in [0.2, 0.25) is 0 Å². The van der Waals surface area contributed by atoms with Crippen molar-refractivity contribution in [2.75, 3.05) is 5.01 Å². The van der Waals surface area contributed by atoms with Crippen molar-refractivity contribution in [1.29, 1.82) is 0 Å². The summed E-state index contributed by atoms with van der Waals surface area (Å²) in [5, 5.41) is 15.1. The Morgan fingerprint density at radius 3 is 2.45 bits per heavy atom. The number of benzene rings is 2. The Labute approximate surface area is 172 Å². The van der Waals surface area contributed by atoms with Gasteiger partial charge in [-0.3, -0.25) is 14.9 Å². The first kappa shape index (κ1) is 20.1. The van der Waals surface area contributed by atoms with Crippen LogP contribution in [-0.2, 0) is 4.79 Å². The maximum Gasteiger partial charge on any atom is 0.435 e. The van der Waals surface area contributed by atoms with E-state index in [0.717, 1.165) is 6.08 Å². The number of non-ortho nitro benzene ring substituents is 1. The molecule has 1 aliphatic rings. The summed E-state index contributed by atoms with van der Waals surface area (Å²) in [6.45, 7) is 0. The van der Waals surface area contributed by atoms with E-state index in [4.69, 9.17) is 4.42 Å². The zero-order valence-electron chi connectivity index (χ0n) is 15.5. The van der Waals surface area contributed by atoms with Gasteiger partial charge in [-0.25, -0.2) is 0 Å². The van der Waals surface area contributed by atoms with Crippen molar-refractivity contribution in [3.8, 4) is 11.3 Å². The largest absolute Gasteiger partial charge is 0.457 e. The van der Waals surface area contributed by atoms with Crippen LogP contribution in [0.1, 0.15) is 5.76 Å². The Morgan fingerprint density at radius 1 is 1.03 bits per heavy atom. The van der Waals surface area contributed by atoms with Gasteiger partial charge in [-0.15, -0.1) is 0 Å². The van der Waals surface area contributed by atoms with Crippen LogP contribution in [0.25, 0.3) is 17.4 Å². The minimum atomic E-state index is -4.86. The second-order valence-corrected chi connectivity index (χ2v) is 6.47. The number of nitrogens with zero attached hydrogens (tertiary/aromatic N) is 3. The van der Waals surface area contributed by atoms with Crippen LogP contribution >= 0.6 is 0 Å². The van der Waals surface area contributed by atoms with Crippen molar-refractivity contribution in [1.82, 2.24) is 0 Å². The van der Waals surface area contributed by atoms with Crippen molar-refractivity contribution >= 4 is 29.1 Å². The van der Waals surface area contributed by atoms with Crippen LogP contribution in [0, 0.1) is 10.1 Å². The monoisotopic (exact) mass is 427 g/mol. The van der Waals surface area contributed by atoms with Gasteiger partial charge in [0, 0.05) is 17.7 Å². The molecule has 156 valence electrons. The number of hydrogen-bond acceptors (Lipinski definition) is 5. The number of para-hydroxylation sites is 1. The molecule has 1 amide bonds. The lowest BCUT2D eigenvalue weighted by Gasteiger charge is -2.10. The third-order valence-corrected chi connectivity index (χ3v) is 4.40. The van der Waals surface area contributed by atoms with Gasteiger partial charge >= 0.3 is 6.18 Å². The molecule has 4 rings (SSSR count). The number of anilines is 1. The van der Waals surface area contributed by atoms with Crippen LogP contribution in [0.3, 0.4) is 0 Å². The van der Waals surface area contributed by atoms with Crippen LogP contribution in [0.2, 0.25) is 0 Å². The third kappa shape index (κ3) is 3.95. The number of nitro groups is 1. The SMILES string of the molecule is O=C1C(=Cc2ccc(-c3cccc([N+](=O)[O-])c3)o2)C(C(F)(F)F)=NN1c1ccccc1. The van der Waals surface area contributed by atoms with Crippen molar-refractivity contribution in [2.45, 2.75) is 6.18 Å². The molecule has 0 spiro atoms. The molecule has 3 aromatic rings. The average molecular weight is 427 g/mol. The Bertz CT molecular complexity index is 1230. The van der Waals surface area contributed by atoms with Crippen LogP contribution in [0.5, 0.6) is 0 Å². The summed E-state index contributed by atoms with van der Waals surface area (Å²) in [7, 11) is 0. The summed E-state index contributed by atoms with van der Waals surface area (Å²) in [6, 6.07) is 16.1. The highest BCUT2D eigenvalue weighted by molar-refractivity contribution is 6.34. The van der Waals surface area contributed by atoms with Gasteiger partial charge in [0.25, 0.3) is 11.6 Å². The molecule has 1 aliphatic heterocycles. The van der Waals surface area contributed by atoms with E-state index in [-0.39, 0.29) is 22.9 Å².